The van der Waals surface area contributed by atoms with Gasteiger partial charge >= 0.3 is 0 Å². The maximum Gasteiger partial charge on any atom is 0.225 e. The first-order valence-corrected chi connectivity index (χ1v) is 8.51. The zero-order chi connectivity index (χ0) is 15.9. The normalized spacial score (nSPS) is 30.3. The predicted octanol–water partition coefficient (Wildman–Crippen LogP) is 0.921. The summed E-state index contributed by atoms with van der Waals surface area (Å²) in [6, 6.07) is 5.92. The number of anilines is 1. The summed E-state index contributed by atoms with van der Waals surface area (Å²) >= 11 is 1.70. The average molecular weight is 332 g/mol. The second-order valence-corrected chi connectivity index (χ2v) is 7.04. The molecule has 2 aliphatic heterocycles. The third kappa shape index (κ3) is 2.56. The second kappa shape index (κ2) is 5.70. The van der Waals surface area contributed by atoms with Crippen molar-refractivity contribution in [1.82, 2.24) is 20.3 Å². The summed E-state index contributed by atoms with van der Waals surface area (Å²) in [4.78, 5) is 14.9. The van der Waals surface area contributed by atoms with Gasteiger partial charge in [-0.1, -0.05) is 6.07 Å². The standard InChI is InChI=1S/C15H17FN6S/c16-11-5-19-14(20-6-11)22-7-10-8-23-13(17)21-15(10,9-22)12-3-1-2-4-18-12/h1-6,10,13,21H,7-9,17H2. The van der Waals surface area contributed by atoms with Gasteiger partial charge in [-0.05, 0) is 12.1 Å². The number of aromatic nitrogens is 3. The molecule has 8 heteroatoms. The molecule has 0 saturated carbocycles. The van der Waals surface area contributed by atoms with E-state index in [4.69, 9.17) is 5.73 Å². The molecule has 120 valence electrons. The van der Waals surface area contributed by atoms with E-state index >= 15 is 0 Å². The van der Waals surface area contributed by atoms with E-state index in [0.29, 0.717) is 18.4 Å². The first-order valence-electron chi connectivity index (χ1n) is 7.46. The second-order valence-electron chi connectivity index (χ2n) is 5.86. The molecule has 23 heavy (non-hydrogen) atoms. The quantitative estimate of drug-likeness (QED) is 0.846. The van der Waals surface area contributed by atoms with Crippen molar-refractivity contribution in [2.24, 2.45) is 11.7 Å². The summed E-state index contributed by atoms with van der Waals surface area (Å²) in [6.45, 7) is 1.45. The third-order valence-corrected chi connectivity index (χ3v) is 5.54. The van der Waals surface area contributed by atoms with Crippen LogP contribution in [0, 0.1) is 11.7 Å². The molecule has 3 atom stereocenters. The van der Waals surface area contributed by atoms with Crippen LogP contribution in [-0.4, -0.2) is 39.3 Å². The fourth-order valence-electron chi connectivity index (χ4n) is 3.40. The molecule has 6 nitrogen and oxygen atoms in total. The van der Waals surface area contributed by atoms with Gasteiger partial charge in [-0.2, -0.15) is 0 Å². The van der Waals surface area contributed by atoms with Crippen LogP contribution in [0.2, 0.25) is 0 Å². The van der Waals surface area contributed by atoms with Crippen molar-refractivity contribution < 1.29 is 4.39 Å². The van der Waals surface area contributed by atoms with Gasteiger partial charge in [0.25, 0.3) is 0 Å². The largest absolute Gasteiger partial charge is 0.338 e. The molecule has 2 aromatic heterocycles. The molecule has 0 amide bonds. The molecule has 0 bridgehead atoms. The maximum absolute atomic E-state index is 13.1. The number of nitrogens with one attached hydrogen (secondary N) is 1. The minimum Gasteiger partial charge on any atom is -0.338 e. The summed E-state index contributed by atoms with van der Waals surface area (Å²) in [7, 11) is 0. The van der Waals surface area contributed by atoms with E-state index < -0.39 is 5.82 Å². The van der Waals surface area contributed by atoms with Gasteiger partial charge in [0.15, 0.2) is 5.82 Å². The van der Waals surface area contributed by atoms with Gasteiger partial charge in [-0.25, -0.2) is 14.4 Å². The fraction of sp³-hybridized carbons (Fsp3) is 0.400. The monoisotopic (exact) mass is 332 g/mol. The molecule has 3 N–H and O–H groups in total. The van der Waals surface area contributed by atoms with Crippen LogP contribution < -0.4 is 16.0 Å². The number of halogens is 1. The molecule has 2 aromatic rings. The summed E-state index contributed by atoms with van der Waals surface area (Å²) in [5.41, 5.74) is 6.65. The van der Waals surface area contributed by atoms with E-state index in [1.807, 2.05) is 18.2 Å². The molecule has 2 fully saturated rings. The molecule has 4 heterocycles. The van der Waals surface area contributed by atoms with Crippen molar-refractivity contribution in [1.29, 1.82) is 0 Å². The zero-order valence-electron chi connectivity index (χ0n) is 12.4. The van der Waals surface area contributed by atoms with Crippen LogP contribution in [0.25, 0.3) is 0 Å². The first kappa shape index (κ1) is 14.8. The topological polar surface area (TPSA) is 80.0 Å². The van der Waals surface area contributed by atoms with Crippen LogP contribution in [0.5, 0.6) is 0 Å². The number of hydrogen-bond donors (Lipinski definition) is 2. The Bertz CT molecular complexity index is 684. The highest BCUT2D eigenvalue weighted by molar-refractivity contribution is 7.99. The Kier molecular flexibility index (Phi) is 3.67. The molecular weight excluding hydrogens is 315 g/mol. The summed E-state index contributed by atoms with van der Waals surface area (Å²) in [6.07, 6.45) is 4.20. The van der Waals surface area contributed by atoms with E-state index in [-0.39, 0.29) is 11.0 Å². The fourth-order valence-corrected chi connectivity index (χ4v) is 4.53. The van der Waals surface area contributed by atoms with Crippen LogP contribution in [-0.2, 0) is 5.54 Å². The molecule has 0 aromatic carbocycles. The van der Waals surface area contributed by atoms with Crippen LogP contribution >= 0.6 is 11.8 Å². The van der Waals surface area contributed by atoms with E-state index in [2.05, 4.69) is 25.2 Å². The minimum atomic E-state index is -0.430. The van der Waals surface area contributed by atoms with E-state index in [1.165, 1.54) is 12.4 Å². The highest BCUT2D eigenvalue weighted by Gasteiger charge is 2.52. The van der Waals surface area contributed by atoms with Gasteiger partial charge in [0.2, 0.25) is 5.95 Å². The van der Waals surface area contributed by atoms with Crippen molar-refractivity contribution in [2.45, 2.75) is 11.0 Å². The van der Waals surface area contributed by atoms with Crippen LogP contribution in [0.15, 0.2) is 36.8 Å². The van der Waals surface area contributed by atoms with Crippen LogP contribution in [0.1, 0.15) is 5.69 Å². The Hall–Kier alpha value is -1.77. The Labute approximate surface area is 137 Å². The van der Waals surface area contributed by atoms with Crippen molar-refractivity contribution >= 4 is 17.7 Å². The molecular formula is C15H17FN6S. The minimum absolute atomic E-state index is 0.137. The molecule has 0 radical (unpaired) electrons. The lowest BCUT2D eigenvalue weighted by molar-refractivity contribution is 0.267. The number of nitrogens with two attached hydrogens (primary N) is 1. The number of thioether (sulfide) groups is 1. The molecule has 2 aliphatic rings. The summed E-state index contributed by atoms with van der Waals surface area (Å²) in [5, 5.41) is 3.53. The third-order valence-electron chi connectivity index (χ3n) is 4.47. The van der Waals surface area contributed by atoms with Crippen LogP contribution in [0.4, 0.5) is 10.3 Å². The van der Waals surface area contributed by atoms with Gasteiger partial charge in [0.05, 0.1) is 23.6 Å². The van der Waals surface area contributed by atoms with E-state index in [0.717, 1.165) is 18.0 Å². The number of pyridine rings is 1. The predicted molar refractivity (Wildman–Crippen MR) is 87.2 cm³/mol. The molecule has 2 saturated heterocycles. The Balaban J connectivity index is 1.70. The number of fused-ring (bicyclic) bond motifs is 1. The highest BCUT2D eigenvalue weighted by Crippen LogP contribution is 2.42. The highest BCUT2D eigenvalue weighted by atomic mass is 32.2. The number of rotatable bonds is 2. The van der Waals surface area contributed by atoms with Crippen molar-refractivity contribution in [3.8, 4) is 0 Å². The Morgan fingerprint density at radius 1 is 1.30 bits per heavy atom. The lowest BCUT2D eigenvalue weighted by Crippen LogP contribution is -2.59. The smallest absolute Gasteiger partial charge is 0.225 e. The van der Waals surface area contributed by atoms with E-state index in [1.54, 1.807) is 18.0 Å². The number of hydrogen-bond acceptors (Lipinski definition) is 7. The van der Waals surface area contributed by atoms with Gasteiger partial charge in [-0.15, -0.1) is 11.8 Å². The average Bonchev–Trinajstić information content (AvgIpc) is 2.96. The molecule has 4 rings (SSSR count). The summed E-state index contributed by atoms with van der Waals surface area (Å²) < 4.78 is 13.1. The van der Waals surface area contributed by atoms with Gasteiger partial charge < -0.3 is 10.6 Å². The first-order chi connectivity index (χ1) is 11.2. The lowest BCUT2D eigenvalue weighted by atomic mass is 9.84. The van der Waals surface area contributed by atoms with Crippen LogP contribution in [0.3, 0.4) is 0 Å². The van der Waals surface area contributed by atoms with Gasteiger partial charge in [0, 0.05) is 31.0 Å². The zero-order valence-corrected chi connectivity index (χ0v) is 13.2. The van der Waals surface area contributed by atoms with E-state index in [9.17, 15) is 4.39 Å². The Morgan fingerprint density at radius 3 is 2.87 bits per heavy atom. The summed E-state index contributed by atoms with van der Waals surface area (Å²) in [5.74, 6) is 1.37. The molecule has 3 unspecified atom stereocenters. The van der Waals surface area contributed by atoms with Gasteiger partial charge in [0.1, 0.15) is 5.50 Å². The molecule has 0 aliphatic carbocycles. The number of nitrogens with zero attached hydrogens (tertiary/aromatic N) is 4. The van der Waals surface area contributed by atoms with Gasteiger partial charge in [-0.3, -0.25) is 10.3 Å². The maximum atomic E-state index is 13.1. The van der Waals surface area contributed by atoms with Crippen molar-refractivity contribution in [3.63, 3.8) is 0 Å². The SMILES string of the molecule is NC1NC2(c3ccccn3)CN(c3ncc(F)cn3)CC2CS1. The Morgan fingerprint density at radius 2 is 2.13 bits per heavy atom. The molecule has 0 spiro atoms. The van der Waals surface area contributed by atoms with Crippen molar-refractivity contribution in [3.05, 3.63) is 48.3 Å². The lowest BCUT2D eigenvalue weighted by Gasteiger charge is -2.41. The van der Waals surface area contributed by atoms with Crippen molar-refractivity contribution in [2.75, 3.05) is 23.7 Å².